The van der Waals surface area contributed by atoms with E-state index in [1.54, 1.807) is 18.4 Å². The Kier molecular flexibility index (Phi) is 5.80. The van der Waals surface area contributed by atoms with E-state index in [1.807, 2.05) is 24.3 Å². The standard InChI is InChI=1S/C21H16N4O5S/c1-29-18-11-13(25(27)28)8-9-16(18)22-19(26)12-31-21-14-5-2-3-6-15(14)23-20(24-21)17-7-4-10-30-17/h2-11H,12H2,1H3,(H,22,26). The van der Waals surface area contributed by atoms with Gasteiger partial charge in [-0.2, -0.15) is 0 Å². The van der Waals surface area contributed by atoms with Gasteiger partial charge in [0.05, 0.1) is 41.3 Å². The molecular weight excluding hydrogens is 420 g/mol. The highest BCUT2D eigenvalue weighted by Crippen LogP contribution is 2.31. The third-order valence-corrected chi connectivity index (χ3v) is 5.31. The van der Waals surface area contributed by atoms with Crippen LogP contribution in [0.5, 0.6) is 5.75 Å². The number of hydrogen-bond acceptors (Lipinski definition) is 8. The van der Waals surface area contributed by atoms with Gasteiger partial charge in [-0.05, 0) is 24.3 Å². The fraction of sp³-hybridized carbons (Fsp3) is 0.0952. The van der Waals surface area contributed by atoms with E-state index >= 15 is 0 Å². The quantitative estimate of drug-likeness (QED) is 0.194. The molecule has 0 aliphatic rings. The first-order valence-corrected chi connectivity index (χ1v) is 10.1. The molecule has 0 saturated carbocycles. The molecule has 0 unspecified atom stereocenters. The maximum Gasteiger partial charge on any atom is 0.273 e. The third kappa shape index (κ3) is 4.48. The number of ether oxygens (including phenoxy) is 1. The number of anilines is 1. The smallest absolute Gasteiger partial charge is 0.273 e. The summed E-state index contributed by atoms with van der Waals surface area (Å²) in [6.07, 6.45) is 1.55. The van der Waals surface area contributed by atoms with Gasteiger partial charge in [0, 0.05) is 11.5 Å². The maximum atomic E-state index is 12.5. The number of carbonyl (C=O) groups is 1. The first-order valence-electron chi connectivity index (χ1n) is 9.11. The molecule has 156 valence electrons. The fourth-order valence-corrected chi connectivity index (χ4v) is 3.71. The number of fused-ring (bicyclic) bond motifs is 1. The Labute approximate surface area is 180 Å². The van der Waals surface area contributed by atoms with Crippen LogP contribution in [0.25, 0.3) is 22.5 Å². The van der Waals surface area contributed by atoms with Crippen molar-refractivity contribution in [3.8, 4) is 17.3 Å². The maximum absolute atomic E-state index is 12.5. The van der Waals surface area contributed by atoms with Crippen molar-refractivity contribution in [3.63, 3.8) is 0 Å². The van der Waals surface area contributed by atoms with Gasteiger partial charge in [0.15, 0.2) is 11.6 Å². The molecule has 0 atom stereocenters. The molecule has 0 aliphatic carbocycles. The van der Waals surface area contributed by atoms with Crippen LogP contribution in [0.3, 0.4) is 0 Å². The van der Waals surface area contributed by atoms with Crippen molar-refractivity contribution in [3.05, 3.63) is 71.0 Å². The second-order valence-corrected chi connectivity index (χ2v) is 7.29. The number of carbonyl (C=O) groups excluding carboxylic acids is 1. The van der Waals surface area contributed by atoms with E-state index < -0.39 is 4.92 Å². The van der Waals surface area contributed by atoms with Crippen molar-refractivity contribution < 1.29 is 18.9 Å². The molecule has 4 rings (SSSR count). The summed E-state index contributed by atoms with van der Waals surface area (Å²) in [6, 6.07) is 15.0. The van der Waals surface area contributed by atoms with Crippen LogP contribution in [0, 0.1) is 10.1 Å². The lowest BCUT2D eigenvalue weighted by Gasteiger charge is -2.10. The van der Waals surface area contributed by atoms with E-state index in [1.165, 1.54) is 37.1 Å². The van der Waals surface area contributed by atoms with Gasteiger partial charge in [0.1, 0.15) is 10.8 Å². The fourth-order valence-electron chi connectivity index (χ4n) is 2.89. The number of hydrogen-bond donors (Lipinski definition) is 1. The van der Waals surface area contributed by atoms with Crippen molar-refractivity contribution in [1.29, 1.82) is 0 Å². The Bertz CT molecular complexity index is 1260. The van der Waals surface area contributed by atoms with Crippen molar-refractivity contribution >= 4 is 39.9 Å². The lowest BCUT2D eigenvalue weighted by atomic mass is 10.2. The van der Waals surface area contributed by atoms with E-state index in [0.717, 1.165) is 10.9 Å². The zero-order chi connectivity index (χ0) is 21.8. The van der Waals surface area contributed by atoms with E-state index in [-0.39, 0.29) is 23.1 Å². The van der Waals surface area contributed by atoms with Crippen molar-refractivity contribution in [2.45, 2.75) is 5.03 Å². The molecule has 1 N–H and O–H groups in total. The van der Waals surface area contributed by atoms with Crippen LogP contribution < -0.4 is 10.1 Å². The first-order chi connectivity index (χ1) is 15.0. The minimum atomic E-state index is -0.527. The lowest BCUT2D eigenvalue weighted by molar-refractivity contribution is -0.384. The van der Waals surface area contributed by atoms with Crippen molar-refractivity contribution in [2.75, 3.05) is 18.2 Å². The summed E-state index contributed by atoms with van der Waals surface area (Å²) in [5, 5.41) is 15.1. The van der Waals surface area contributed by atoms with E-state index in [0.29, 0.717) is 22.3 Å². The SMILES string of the molecule is COc1cc([N+](=O)[O-])ccc1NC(=O)CSc1nc(-c2ccco2)nc2ccccc12. The zero-order valence-electron chi connectivity index (χ0n) is 16.3. The Morgan fingerprint density at radius 2 is 2.03 bits per heavy atom. The molecule has 1 amide bonds. The molecule has 0 spiro atoms. The van der Waals surface area contributed by atoms with Gasteiger partial charge in [-0.1, -0.05) is 30.0 Å². The summed E-state index contributed by atoms with van der Waals surface area (Å²) in [7, 11) is 1.38. The number of thioether (sulfide) groups is 1. The van der Waals surface area contributed by atoms with E-state index in [2.05, 4.69) is 15.3 Å². The highest BCUT2D eigenvalue weighted by atomic mass is 32.2. The van der Waals surface area contributed by atoms with E-state index in [9.17, 15) is 14.9 Å². The normalized spacial score (nSPS) is 10.7. The van der Waals surface area contributed by atoms with Gasteiger partial charge in [-0.15, -0.1) is 0 Å². The molecule has 31 heavy (non-hydrogen) atoms. The molecule has 2 heterocycles. The molecular formula is C21H16N4O5S. The number of methoxy groups -OCH3 is 1. The van der Waals surface area contributed by atoms with Crippen LogP contribution in [0.4, 0.5) is 11.4 Å². The molecule has 4 aromatic rings. The molecule has 0 bridgehead atoms. The van der Waals surface area contributed by atoms with Crippen LogP contribution in [0.15, 0.2) is 70.3 Å². The summed E-state index contributed by atoms with van der Waals surface area (Å²) in [4.78, 5) is 32.0. The number of aromatic nitrogens is 2. The summed E-state index contributed by atoms with van der Waals surface area (Å²) in [5.74, 6) is 0.939. The summed E-state index contributed by atoms with van der Waals surface area (Å²) in [5.41, 5.74) is 0.966. The molecule has 9 nitrogen and oxygen atoms in total. The van der Waals surface area contributed by atoms with E-state index in [4.69, 9.17) is 9.15 Å². The average Bonchev–Trinajstić information content (AvgIpc) is 3.32. The number of non-ortho nitro benzene ring substituents is 1. The number of furan rings is 1. The predicted octanol–water partition coefficient (Wildman–Crippen LogP) is 4.54. The van der Waals surface area contributed by atoms with Gasteiger partial charge < -0.3 is 14.5 Å². The molecule has 0 fully saturated rings. The number of rotatable bonds is 7. The minimum Gasteiger partial charge on any atom is -0.494 e. The second kappa shape index (κ2) is 8.84. The topological polar surface area (TPSA) is 120 Å². The molecule has 0 aliphatic heterocycles. The average molecular weight is 436 g/mol. The molecule has 2 aromatic heterocycles. The molecule has 0 radical (unpaired) electrons. The molecule has 2 aromatic carbocycles. The van der Waals surface area contributed by atoms with Gasteiger partial charge in [0.25, 0.3) is 5.69 Å². The minimum absolute atomic E-state index is 0.0682. The van der Waals surface area contributed by atoms with Gasteiger partial charge >= 0.3 is 0 Å². The van der Waals surface area contributed by atoms with Gasteiger partial charge in [-0.3, -0.25) is 14.9 Å². The number of nitrogens with zero attached hydrogens (tertiary/aromatic N) is 3. The summed E-state index contributed by atoms with van der Waals surface area (Å²) in [6.45, 7) is 0. The monoisotopic (exact) mass is 436 g/mol. The van der Waals surface area contributed by atoms with Crippen LogP contribution in [-0.2, 0) is 4.79 Å². The molecule has 10 heteroatoms. The largest absolute Gasteiger partial charge is 0.494 e. The number of benzene rings is 2. The zero-order valence-corrected chi connectivity index (χ0v) is 17.1. The third-order valence-electron chi connectivity index (χ3n) is 4.32. The summed E-state index contributed by atoms with van der Waals surface area (Å²) >= 11 is 1.26. The molecule has 0 saturated heterocycles. The second-order valence-electron chi connectivity index (χ2n) is 6.33. The number of para-hydroxylation sites is 1. The van der Waals surface area contributed by atoms with Crippen molar-refractivity contribution in [2.24, 2.45) is 0 Å². The first kappa shape index (κ1) is 20.4. The predicted molar refractivity (Wildman–Crippen MR) is 116 cm³/mol. The number of nitro benzene ring substituents is 1. The lowest BCUT2D eigenvalue weighted by Crippen LogP contribution is -2.15. The highest BCUT2D eigenvalue weighted by Gasteiger charge is 2.16. The van der Waals surface area contributed by atoms with Gasteiger partial charge in [-0.25, -0.2) is 9.97 Å². The van der Waals surface area contributed by atoms with Crippen molar-refractivity contribution in [1.82, 2.24) is 9.97 Å². The van der Waals surface area contributed by atoms with Crippen LogP contribution in [-0.4, -0.2) is 33.7 Å². The van der Waals surface area contributed by atoms with Crippen LogP contribution >= 0.6 is 11.8 Å². The number of nitro groups is 1. The number of amides is 1. The highest BCUT2D eigenvalue weighted by molar-refractivity contribution is 8.00. The Balaban J connectivity index is 1.54. The summed E-state index contributed by atoms with van der Waals surface area (Å²) < 4.78 is 10.6. The van der Waals surface area contributed by atoms with Crippen LogP contribution in [0.1, 0.15) is 0 Å². The number of nitrogens with one attached hydrogen (secondary N) is 1. The Hall–Kier alpha value is -3.92. The Morgan fingerprint density at radius 1 is 1.19 bits per heavy atom. The van der Waals surface area contributed by atoms with Gasteiger partial charge in [0.2, 0.25) is 5.91 Å². The Morgan fingerprint density at radius 3 is 2.77 bits per heavy atom. The van der Waals surface area contributed by atoms with Crippen LogP contribution in [0.2, 0.25) is 0 Å².